The van der Waals surface area contributed by atoms with Crippen LogP contribution in [0.4, 0.5) is 11.4 Å². The van der Waals surface area contributed by atoms with Gasteiger partial charge in [0.15, 0.2) is 0 Å². The second-order valence-corrected chi connectivity index (χ2v) is 7.73. The van der Waals surface area contributed by atoms with Crippen LogP contribution in [0.15, 0.2) is 59.8 Å². The third-order valence-electron chi connectivity index (χ3n) is 4.09. The Kier molecular flexibility index (Phi) is 6.12. The van der Waals surface area contributed by atoms with E-state index in [4.69, 9.17) is 15.2 Å². The van der Waals surface area contributed by atoms with Gasteiger partial charge in [0.1, 0.15) is 11.0 Å². The van der Waals surface area contributed by atoms with Crippen molar-refractivity contribution in [3.05, 3.63) is 66.0 Å². The molecule has 154 valence electrons. The summed E-state index contributed by atoms with van der Waals surface area (Å²) in [6.45, 7) is 0. The molecule has 0 unspecified atom stereocenters. The number of hydrogen-bond donors (Lipinski definition) is 3. The number of nitrogens with one attached hydrogen (secondary N) is 2. The third-order valence-corrected chi connectivity index (χ3v) is 5.03. The molecule has 1 amide bonds. The Morgan fingerprint density at radius 3 is 2.73 bits per heavy atom. The number of primary sulfonamides is 1. The average Bonchev–Trinajstić information content (AvgIpc) is 3.18. The van der Waals surface area contributed by atoms with Crippen molar-refractivity contribution in [1.29, 1.82) is 5.26 Å². The van der Waals surface area contributed by atoms with E-state index < -0.39 is 10.0 Å². The third kappa shape index (κ3) is 4.81. The highest BCUT2D eigenvalue weighted by Crippen LogP contribution is 2.24. The van der Waals surface area contributed by atoms with Crippen LogP contribution in [0.2, 0.25) is 0 Å². The summed E-state index contributed by atoms with van der Waals surface area (Å²) < 4.78 is 25.4. The molecule has 0 aliphatic heterocycles. The van der Waals surface area contributed by atoms with Crippen molar-refractivity contribution in [3.63, 3.8) is 0 Å². The lowest BCUT2D eigenvalue weighted by Gasteiger charge is -2.13. The van der Waals surface area contributed by atoms with E-state index in [2.05, 4.69) is 15.9 Å². The van der Waals surface area contributed by atoms with Gasteiger partial charge in [-0.15, -0.1) is 0 Å². The molecule has 0 saturated heterocycles. The zero-order valence-corrected chi connectivity index (χ0v) is 16.7. The van der Waals surface area contributed by atoms with E-state index in [9.17, 15) is 13.2 Å². The normalized spacial score (nSPS) is 11.0. The van der Waals surface area contributed by atoms with Crippen LogP contribution in [0, 0.1) is 11.3 Å². The maximum Gasteiger partial charge on any atom is 0.240 e. The number of para-hydroxylation sites is 1. The molecule has 1 aromatic heterocycles. The first-order chi connectivity index (χ1) is 14.3. The molecule has 0 aliphatic carbocycles. The first kappa shape index (κ1) is 21.0. The number of anilines is 2. The van der Waals surface area contributed by atoms with Crippen molar-refractivity contribution in [1.82, 2.24) is 9.78 Å². The summed E-state index contributed by atoms with van der Waals surface area (Å²) in [5, 5.41) is 20.9. The molecule has 3 aromatic rings. The first-order valence-electron chi connectivity index (χ1n) is 8.60. The Morgan fingerprint density at radius 1 is 1.30 bits per heavy atom. The lowest BCUT2D eigenvalue weighted by Crippen LogP contribution is -2.18. The second kappa shape index (κ2) is 8.75. The molecule has 1 heterocycles. The molecule has 30 heavy (non-hydrogen) atoms. The minimum atomic E-state index is -4.13. The van der Waals surface area contributed by atoms with Crippen molar-refractivity contribution in [2.75, 3.05) is 17.9 Å². The van der Waals surface area contributed by atoms with Gasteiger partial charge in [-0.05, 0) is 29.8 Å². The number of nitrogens with zero attached hydrogens (tertiary/aromatic N) is 3. The van der Waals surface area contributed by atoms with Crippen LogP contribution in [0.1, 0.15) is 11.1 Å². The second-order valence-electron chi connectivity index (χ2n) is 6.20. The maximum atomic E-state index is 12.5. The number of carbonyl (C=O) groups is 1. The zero-order chi connectivity index (χ0) is 21.7. The molecule has 0 atom stereocenters. The Hall–Kier alpha value is -3.72. The molecule has 0 radical (unpaired) electrons. The summed E-state index contributed by atoms with van der Waals surface area (Å²) in [5.74, 6) is -0.362. The molecule has 0 aliphatic rings. The van der Waals surface area contributed by atoms with Gasteiger partial charge in [-0.25, -0.2) is 18.2 Å². The van der Waals surface area contributed by atoms with E-state index >= 15 is 0 Å². The number of hydrogen-bond acceptors (Lipinski definition) is 7. The Balaban J connectivity index is 1.87. The Labute approximate surface area is 172 Å². The van der Waals surface area contributed by atoms with Crippen molar-refractivity contribution >= 4 is 27.3 Å². The first-order valence-corrected chi connectivity index (χ1v) is 10.1. The quantitative estimate of drug-likeness (QED) is 0.485. The molecule has 11 heteroatoms. The van der Waals surface area contributed by atoms with Gasteiger partial charge < -0.3 is 5.32 Å². The highest BCUT2D eigenvalue weighted by atomic mass is 32.2. The van der Waals surface area contributed by atoms with Crippen LogP contribution >= 0.6 is 0 Å². The minimum absolute atomic E-state index is 0.0314. The molecule has 4 N–H and O–H groups in total. The number of benzene rings is 2. The van der Waals surface area contributed by atoms with Crippen molar-refractivity contribution in [2.45, 2.75) is 11.3 Å². The van der Waals surface area contributed by atoms with Crippen LogP contribution in [0.25, 0.3) is 5.69 Å². The van der Waals surface area contributed by atoms with Crippen molar-refractivity contribution < 1.29 is 18.0 Å². The fourth-order valence-electron chi connectivity index (χ4n) is 2.78. The monoisotopic (exact) mass is 426 g/mol. The average molecular weight is 426 g/mol. The molecule has 0 fully saturated rings. The van der Waals surface area contributed by atoms with Crippen LogP contribution in [0.5, 0.6) is 0 Å². The van der Waals surface area contributed by atoms with E-state index in [1.807, 2.05) is 6.07 Å². The molecule has 0 spiro atoms. The van der Waals surface area contributed by atoms with Crippen LogP contribution in [0.3, 0.4) is 0 Å². The van der Waals surface area contributed by atoms with E-state index in [0.717, 1.165) is 0 Å². The molecular formula is C19H18N6O4S. The SMILES string of the molecule is CONc1ccccc1CC(=O)Nc1ccc(-n2cc(C#N)cn2)c(S(N)(=O)=O)c1. The number of aromatic nitrogens is 2. The number of carbonyl (C=O) groups excluding carboxylic acids is 1. The number of nitriles is 1. The summed E-state index contributed by atoms with van der Waals surface area (Å²) in [6, 6.07) is 13.2. The lowest BCUT2D eigenvalue weighted by molar-refractivity contribution is -0.115. The highest BCUT2D eigenvalue weighted by Gasteiger charge is 2.18. The molecule has 3 rings (SSSR count). The van der Waals surface area contributed by atoms with Gasteiger partial charge in [-0.1, -0.05) is 18.2 Å². The molecular weight excluding hydrogens is 408 g/mol. The van der Waals surface area contributed by atoms with Gasteiger partial charge in [0.05, 0.1) is 36.7 Å². The van der Waals surface area contributed by atoms with E-state index in [1.54, 1.807) is 24.3 Å². The number of sulfonamides is 1. The van der Waals surface area contributed by atoms with Crippen molar-refractivity contribution in [3.8, 4) is 11.8 Å². The highest BCUT2D eigenvalue weighted by molar-refractivity contribution is 7.89. The van der Waals surface area contributed by atoms with Gasteiger partial charge >= 0.3 is 0 Å². The maximum absolute atomic E-state index is 12.5. The van der Waals surface area contributed by atoms with Crippen molar-refractivity contribution in [2.24, 2.45) is 5.14 Å². The Morgan fingerprint density at radius 2 is 2.07 bits per heavy atom. The lowest BCUT2D eigenvalue weighted by atomic mass is 10.1. The van der Waals surface area contributed by atoms with Crippen LogP contribution in [-0.2, 0) is 26.1 Å². The van der Waals surface area contributed by atoms with Gasteiger partial charge in [0, 0.05) is 11.9 Å². The zero-order valence-electron chi connectivity index (χ0n) is 15.9. The predicted octanol–water partition coefficient (Wildman–Crippen LogP) is 1.55. The summed E-state index contributed by atoms with van der Waals surface area (Å²) in [6.07, 6.45) is 2.71. The fraction of sp³-hybridized carbons (Fsp3) is 0.105. The van der Waals surface area contributed by atoms with E-state index in [1.165, 1.54) is 42.4 Å². The number of nitrogens with two attached hydrogens (primary N) is 1. The summed E-state index contributed by atoms with van der Waals surface area (Å²) in [7, 11) is -2.67. The molecule has 0 saturated carbocycles. The minimum Gasteiger partial charge on any atom is -0.326 e. The van der Waals surface area contributed by atoms with Gasteiger partial charge in [0.25, 0.3) is 0 Å². The number of amides is 1. The predicted molar refractivity (Wildman–Crippen MR) is 109 cm³/mol. The molecule has 2 aromatic carbocycles. The van der Waals surface area contributed by atoms with Gasteiger partial charge in [-0.3, -0.25) is 15.1 Å². The fourth-order valence-corrected chi connectivity index (χ4v) is 3.53. The number of rotatable bonds is 7. The van der Waals surface area contributed by atoms with E-state index in [-0.39, 0.29) is 34.2 Å². The molecule has 10 nitrogen and oxygen atoms in total. The standard InChI is InChI=1S/C19H18N6O4S/c1-29-24-16-5-3-2-4-14(16)8-19(26)23-15-6-7-17(18(9-15)30(21,27)28)25-12-13(10-20)11-22-25/h2-7,9,11-12,24H,8H2,1H3,(H,23,26)(H2,21,27,28). The summed E-state index contributed by atoms with van der Waals surface area (Å²) in [4.78, 5) is 17.1. The molecule has 0 bridgehead atoms. The Bertz CT molecular complexity index is 1230. The van der Waals surface area contributed by atoms with Crippen LogP contribution in [-0.4, -0.2) is 31.2 Å². The largest absolute Gasteiger partial charge is 0.326 e. The summed E-state index contributed by atoms with van der Waals surface area (Å²) >= 11 is 0. The van der Waals surface area contributed by atoms with Crippen LogP contribution < -0.4 is 15.9 Å². The topological polar surface area (TPSA) is 152 Å². The summed E-state index contributed by atoms with van der Waals surface area (Å²) in [5.41, 5.74) is 4.70. The van der Waals surface area contributed by atoms with Gasteiger partial charge in [-0.2, -0.15) is 10.4 Å². The van der Waals surface area contributed by atoms with E-state index in [0.29, 0.717) is 11.3 Å². The van der Waals surface area contributed by atoms with Gasteiger partial charge in [0.2, 0.25) is 15.9 Å². The smallest absolute Gasteiger partial charge is 0.240 e.